The molecule has 1 unspecified atom stereocenters. The Morgan fingerprint density at radius 3 is 2.45 bits per heavy atom. The van der Waals surface area contributed by atoms with Gasteiger partial charge in [-0.15, -0.1) is 0 Å². The monoisotopic (exact) mass is 278 g/mol. The van der Waals surface area contributed by atoms with Gasteiger partial charge in [0.25, 0.3) is 0 Å². The topological polar surface area (TPSA) is 49.4 Å². The van der Waals surface area contributed by atoms with Crippen LogP contribution >= 0.6 is 0 Å². The number of halogens is 1. The van der Waals surface area contributed by atoms with E-state index in [-0.39, 0.29) is 17.6 Å². The molecule has 108 valence electrons. The van der Waals surface area contributed by atoms with Gasteiger partial charge >= 0.3 is 0 Å². The van der Waals surface area contributed by atoms with Gasteiger partial charge in [0.2, 0.25) is 11.8 Å². The summed E-state index contributed by atoms with van der Waals surface area (Å²) in [4.78, 5) is 26.2. The lowest BCUT2D eigenvalue weighted by molar-refractivity contribution is -0.149. The van der Waals surface area contributed by atoms with Gasteiger partial charge in [-0.3, -0.25) is 9.59 Å². The van der Waals surface area contributed by atoms with Crippen molar-refractivity contribution in [1.29, 1.82) is 0 Å². The van der Waals surface area contributed by atoms with Gasteiger partial charge in [0.05, 0.1) is 0 Å². The van der Waals surface area contributed by atoms with Gasteiger partial charge in [-0.05, 0) is 17.7 Å². The zero-order chi connectivity index (χ0) is 14.9. The molecule has 1 fully saturated rings. The predicted octanol–water partition coefficient (Wildman–Crippen LogP) is 1.87. The van der Waals surface area contributed by atoms with Crippen molar-refractivity contribution in [3.63, 3.8) is 0 Å². The highest BCUT2D eigenvalue weighted by Crippen LogP contribution is 2.28. The number of amides is 2. The Kier molecular flexibility index (Phi) is 3.79. The average Bonchev–Trinajstić information content (AvgIpc) is 2.38. The number of hydrogen-bond donors (Lipinski definition) is 1. The second-order valence-corrected chi connectivity index (χ2v) is 5.99. The number of carbonyl (C=O) groups is 2. The van der Waals surface area contributed by atoms with Gasteiger partial charge in [0.1, 0.15) is 11.9 Å². The van der Waals surface area contributed by atoms with Crippen molar-refractivity contribution in [2.45, 2.75) is 26.8 Å². The first kappa shape index (κ1) is 14.5. The van der Waals surface area contributed by atoms with Crippen LogP contribution in [0.3, 0.4) is 0 Å². The van der Waals surface area contributed by atoms with Crippen molar-refractivity contribution >= 4 is 11.8 Å². The maximum Gasteiger partial charge on any atom is 0.247 e. The molecule has 1 N–H and O–H groups in total. The summed E-state index contributed by atoms with van der Waals surface area (Å²) in [6.07, 6.45) is 0. The number of rotatable bonds is 1. The minimum atomic E-state index is -0.684. The fourth-order valence-corrected chi connectivity index (χ4v) is 2.29. The van der Waals surface area contributed by atoms with Gasteiger partial charge in [-0.2, -0.15) is 0 Å². The van der Waals surface area contributed by atoms with Gasteiger partial charge < -0.3 is 10.2 Å². The zero-order valence-corrected chi connectivity index (χ0v) is 11.9. The molecule has 2 amide bonds. The van der Waals surface area contributed by atoms with Crippen molar-refractivity contribution < 1.29 is 14.0 Å². The highest BCUT2D eigenvalue weighted by molar-refractivity contribution is 5.91. The summed E-state index contributed by atoms with van der Waals surface area (Å²) in [5, 5.41) is 2.75. The summed E-state index contributed by atoms with van der Waals surface area (Å²) >= 11 is 0. The first-order valence-electron chi connectivity index (χ1n) is 6.65. The van der Waals surface area contributed by atoms with Crippen molar-refractivity contribution in [1.82, 2.24) is 10.2 Å². The summed E-state index contributed by atoms with van der Waals surface area (Å²) < 4.78 is 13.0. The Morgan fingerprint density at radius 1 is 1.30 bits per heavy atom. The summed E-state index contributed by atoms with van der Waals surface area (Å²) in [5.41, 5.74) is 0.0665. The maximum atomic E-state index is 13.0. The number of carbonyl (C=O) groups excluding carboxylic acids is 2. The Hall–Kier alpha value is -1.91. The standard InChI is InChI=1S/C15H19FN2O2/c1-15(2,3)14(20)18-9-8-17-13(19)12(18)10-4-6-11(16)7-5-10/h4-7,12H,8-9H2,1-3H3,(H,17,19). The number of hydrogen-bond acceptors (Lipinski definition) is 2. The van der Waals surface area contributed by atoms with Crippen LogP contribution in [0.25, 0.3) is 0 Å². The molecule has 4 nitrogen and oxygen atoms in total. The van der Waals surface area contributed by atoms with Crippen molar-refractivity contribution in [2.24, 2.45) is 5.41 Å². The number of benzene rings is 1. The molecule has 0 saturated carbocycles. The number of nitrogens with one attached hydrogen (secondary N) is 1. The van der Waals surface area contributed by atoms with E-state index in [0.717, 1.165) is 0 Å². The van der Waals surface area contributed by atoms with Crippen LogP contribution in [0.1, 0.15) is 32.4 Å². The molecule has 1 aromatic rings. The Labute approximate surface area is 118 Å². The second kappa shape index (κ2) is 5.23. The summed E-state index contributed by atoms with van der Waals surface area (Å²) in [6, 6.07) is 5.02. The second-order valence-electron chi connectivity index (χ2n) is 5.99. The number of piperazine rings is 1. The van der Waals surface area contributed by atoms with E-state index in [0.29, 0.717) is 18.7 Å². The molecule has 20 heavy (non-hydrogen) atoms. The van der Waals surface area contributed by atoms with Crippen LogP contribution in [-0.4, -0.2) is 29.8 Å². The first-order valence-corrected chi connectivity index (χ1v) is 6.65. The average molecular weight is 278 g/mol. The summed E-state index contributed by atoms with van der Waals surface area (Å²) in [7, 11) is 0. The van der Waals surface area contributed by atoms with Gasteiger partial charge in [0.15, 0.2) is 0 Å². The zero-order valence-electron chi connectivity index (χ0n) is 11.9. The molecule has 0 bridgehead atoms. The number of nitrogens with zero attached hydrogens (tertiary/aromatic N) is 1. The molecule has 1 aromatic carbocycles. The molecule has 0 aliphatic carbocycles. The first-order chi connectivity index (χ1) is 9.30. The van der Waals surface area contributed by atoms with Crippen molar-refractivity contribution in [2.75, 3.05) is 13.1 Å². The van der Waals surface area contributed by atoms with E-state index in [1.165, 1.54) is 12.1 Å². The lowest BCUT2D eigenvalue weighted by Gasteiger charge is -2.38. The van der Waals surface area contributed by atoms with E-state index < -0.39 is 11.5 Å². The lowest BCUT2D eigenvalue weighted by atomic mass is 9.92. The minimum absolute atomic E-state index is 0.0818. The largest absolute Gasteiger partial charge is 0.352 e. The third-order valence-corrected chi connectivity index (χ3v) is 3.30. The Morgan fingerprint density at radius 2 is 1.90 bits per heavy atom. The fraction of sp³-hybridized carbons (Fsp3) is 0.467. The van der Waals surface area contributed by atoms with E-state index in [1.54, 1.807) is 17.0 Å². The molecule has 5 heteroatoms. The van der Waals surface area contributed by atoms with Crippen LogP contribution in [0.15, 0.2) is 24.3 Å². The highest BCUT2D eigenvalue weighted by atomic mass is 19.1. The summed E-state index contributed by atoms with van der Waals surface area (Å²) in [6.45, 7) is 6.37. The van der Waals surface area contributed by atoms with Crippen molar-refractivity contribution in [3.05, 3.63) is 35.6 Å². The third kappa shape index (κ3) is 2.81. The van der Waals surface area contributed by atoms with Crippen LogP contribution < -0.4 is 5.32 Å². The van der Waals surface area contributed by atoms with Crippen LogP contribution in [0.5, 0.6) is 0 Å². The predicted molar refractivity (Wildman–Crippen MR) is 73.3 cm³/mol. The minimum Gasteiger partial charge on any atom is -0.352 e. The Balaban J connectivity index is 2.36. The quantitative estimate of drug-likeness (QED) is 0.852. The lowest BCUT2D eigenvalue weighted by Crippen LogP contribution is -2.54. The molecule has 1 aliphatic rings. The van der Waals surface area contributed by atoms with Gasteiger partial charge in [-0.1, -0.05) is 32.9 Å². The van der Waals surface area contributed by atoms with E-state index >= 15 is 0 Å². The molecule has 0 spiro atoms. The molecule has 1 atom stereocenters. The van der Waals surface area contributed by atoms with Gasteiger partial charge in [-0.25, -0.2) is 4.39 Å². The normalized spacial score (nSPS) is 19.7. The van der Waals surface area contributed by atoms with Crippen LogP contribution in [0.4, 0.5) is 4.39 Å². The van der Waals surface area contributed by atoms with Crippen LogP contribution in [0, 0.1) is 11.2 Å². The molecule has 0 aromatic heterocycles. The SMILES string of the molecule is CC(C)(C)C(=O)N1CCNC(=O)C1c1ccc(F)cc1. The molecule has 2 rings (SSSR count). The highest BCUT2D eigenvalue weighted by Gasteiger charge is 2.38. The fourth-order valence-electron chi connectivity index (χ4n) is 2.29. The van der Waals surface area contributed by atoms with E-state index in [9.17, 15) is 14.0 Å². The van der Waals surface area contributed by atoms with E-state index in [4.69, 9.17) is 0 Å². The molecular formula is C15H19FN2O2. The summed E-state index contributed by atoms with van der Waals surface area (Å²) in [5.74, 6) is -0.666. The van der Waals surface area contributed by atoms with Gasteiger partial charge in [0, 0.05) is 18.5 Å². The molecule has 1 heterocycles. The van der Waals surface area contributed by atoms with E-state index in [2.05, 4.69) is 5.32 Å². The molecule has 0 radical (unpaired) electrons. The molecular weight excluding hydrogens is 259 g/mol. The van der Waals surface area contributed by atoms with Crippen LogP contribution in [0.2, 0.25) is 0 Å². The van der Waals surface area contributed by atoms with E-state index in [1.807, 2.05) is 20.8 Å². The molecule has 1 saturated heterocycles. The third-order valence-electron chi connectivity index (χ3n) is 3.30. The van der Waals surface area contributed by atoms with Crippen LogP contribution in [-0.2, 0) is 9.59 Å². The smallest absolute Gasteiger partial charge is 0.247 e. The van der Waals surface area contributed by atoms with Crippen molar-refractivity contribution in [3.8, 4) is 0 Å². The molecule has 1 aliphatic heterocycles. The Bertz CT molecular complexity index is 520. The maximum absolute atomic E-state index is 13.0.